The Kier molecular flexibility index (Phi) is 6.02. The zero-order valence-corrected chi connectivity index (χ0v) is 14.5. The van der Waals surface area contributed by atoms with Crippen molar-refractivity contribution in [1.82, 2.24) is 5.32 Å². The van der Waals surface area contributed by atoms with Gasteiger partial charge in [-0.05, 0) is 65.4 Å². The second-order valence-electron chi connectivity index (χ2n) is 4.68. The molecule has 0 spiro atoms. The van der Waals surface area contributed by atoms with Crippen molar-refractivity contribution in [2.75, 3.05) is 11.9 Å². The number of benzene rings is 2. The second-order valence-corrected chi connectivity index (χ2v) is 6.33. The molecule has 2 rings (SSSR count). The topological polar surface area (TPSA) is 41.1 Å². The van der Waals surface area contributed by atoms with E-state index in [-0.39, 0.29) is 18.5 Å². The van der Waals surface area contributed by atoms with Crippen molar-refractivity contribution in [3.05, 3.63) is 62.7 Å². The highest BCUT2D eigenvalue weighted by molar-refractivity contribution is 14.1. The van der Waals surface area contributed by atoms with E-state index in [0.29, 0.717) is 5.02 Å². The van der Waals surface area contributed by atoms with Gasteiger partial charge in [-0.1, -0.05) is 29.8 Å². The quantitative estimate of drug-likeness (QED) is 0.719. The summed E-state index contributed by atoms with van der Waals surface area (Å²) in [5, 5.41) is 6.73. The van der Waals surface area contributed by atoms with E-state index in [9.17, 15) is 4.79 Å². The number of carbonyl (C=O) groups excluding carboxylic acids is 1. The van der Waals surface area contributed by atoms with Crippen LogP contribution in [0.3, 0.4) is 0 Å². The molecule has 0 radical (unpaired) electrons. The largest absolute Gasteiger partial charge is 0.325 e. The summed E-state index contributed by atoms with van der Waals surface area (Å²) in [6.07, 6.45) is 0. The fraction of sp³-hybridized carbons (Fsp3) is 0.188. The maximum absolute atomic E-state index is 11.9. The summed E-state index contributed by atoms with van der Waals surface area (Å²) in [6.45, 7) is 2.22. The molecule has 5 heteroatoms. The first-order chi connectivity index (χ1) is 10.1. The Hall–Kier alpha value is -1.11. The van der Waals surface area contributed by atoms with Gasteiger partial charge in [-0.15, -0.1) is 0 Å². The third-order valence-corrected chi connectivity index (χ3v) is 4.13. The Bertz CT molecular complexity index is 616. The number of carbonyl (C=O) groups is 1. The zero-order valence-electron chi connectivity index (χ0n) is 11.6. The summed E-state index contributed by atoms with van der Waals surface area (Å²) in [5.41, 5.74) is 1.79. The van der Waals surface area contributed by atoms with E-state index >= 15 is 0 Å². The van der Waals surface area contributed by atoms with Crippen molar-refractivity contribution in [2.24, 2.45) is 0 Å². The van der Waals surface area contributed by atoms with Crippen LogP contribution in [0, 0.1) is 3.57 Å². The van der Waals surface area contributed by atoms with Crippen LogP contribution in [-0.4, -0.2) is 12.5 Å². The van der Waals surface area contributed by atoms with Crippen LogP contribution < -0.4 is 10.6 Å². The van der Waals surface area contributed by atoms with Crippen LogP contribution >= 0.6 is 34.2 Å². The molecule has 0 heterocycles. The van der Waals surface area contributed by atoms with Crippen molar-refractivity contribution in [3.8, 4) is 0 Å². The van der Waals surface area contributed by atoms with Gasteiger partial charge in [-0.3, -0.25) is 4.79 Å². The van der Waals surface area contributed by atoms with Crippen LogP contribution in [0.5, 0.6) is 0 Å². The normalized spacial score (nSPS) is 12.0. The third kappa shape index (κ3) is 4.98. The molecule has 2 aromatic carbocycles. The minimum atomic E-state index is -0.0740. The van der Waals surface area contributed by atoms with E-state index < -0.39 is 0 Å². The van der Waals surface area contributed by atoms with E-state index in [1.807, 2.05) is 55.5 Å². The molecule has 0 aliphatic carbocycles. The number of hydrogen-bond donors (Lipinski definition) is 2. The van der Waals surface area contributed by atoms with E-state index in [0.717, 1.165) is 14.8 Å². The monoisotopic (exact) mass is 414 g/mol. The first-order valence-electron chi connectivity index (χ1n) is 6.59. The van der Waals surface area contributed by atoms with Crippen LogP contribution in [0.15, 0.2) is 48.5 Å². The van der Waals surface area contributed by atoms with Crippen LogP contribution in [0.25, 0.3) is 0 Å². The Morgan fingerprint density at radius 2 is 1.86 bits per heavy atom. The fourth-order valence-corrected chi connectivity index (χ4v) is 2.58. The van der Waals surface area contributed by atoms with E-state index in [1.54, 1.807) is 0 Å². The van der Waals surface area contributed by atoms with E-state index in [4.69, 9.17) is 11.6 Å². The lowest BCUT2D eigenvalue weighted by Gasteiger charge is -2.15. The molecule has 2 aromatic rings. The molecule has 2 N–H and O–H groups in total. The molecule has 0 saturated heterocycles. The molecule has 0 aromatic heterocycles. The van der Waals surface area contributed by atoms with Gasteiger partial charge < -0.3 is 10.6 Å². The lowest BCUT2D eigenvalue weighted by molar-refractivity contribution is -0.115. The van der Waals surface area contributed by atoms with Crippen LogP contribution in [0.2, 0.25) is 5.02 Å². The molecule has 110 valence electrons. The molecule has 3 nitrogen and oxygen atoms in total. The summed E-state index contributed by atoms with van der Waals surface area (Å²) in [6, 6.07) is 15.3. The summed E-state index contributed by atoms with van der Waals surface area (Å²) in [7, 11) is 0. The molecule has 21 heavy (non-hydrogen) atoms. The Labute approximate surface area is 143 Å². The number of amides is 1. The molecule has 1 atom stereocenters. The highest BCUT2D eigenvalue weighted by atomic mass is 127. The van der Waals surface area contributed by atoms with Gasteiger partial charge in [0.15, 0.2) is 0 Å². The van der Waals surface area contributed by atoms with Gasteiger partial charge in [0.25, 0.3) is 0 Å². The van der Waals surface area contributed by atoms with E-state index in [2.05, 4.69) is 33.2 Å². The molecule has 0 saturated carbocycles. The molecule has 0 unspecified atom stereocenters. The van der Waals surface area contributed by atoms with Crippen molar-refractivity contribution in [3.63, 3.8) is 0 Å². The van der Waals surface area contributed by atoms with Gasteiger partial charge in [0, 0.05) is 20.3 Å². The van der Waals surface area contributed by atoms with Crippen LogP contribution in [0.4, 0.5) is 5.69 Å². The lowest BCUT2D eigenvalue weighted by Crippen LogP contribution is -2.30. The smallest absolute Gasteiger partial charge is 0.238 e. The Morgan fingerprint density at radius 1 is 1.19 bits per heavy atom. The number of anilines is 1. The maximum Gasteiger partial charge on any atom is 0.238 e. The molecular formula is C16H16ClIN2O. The highest BCUT2D eigenvalue weighted by Crippen LogP contribution is 2.21. The standard InChI is InChI=1S/C16H16ClIN2O/c1-11(14-4-2-3-5-15(14)17)19-10-16(21)20-13-8-6-12(18)7-9-13/h2-9,11,19H,10H2,1H3,(H,20,21)/t11-/m0/s1. The predicted molar refractivity (Wildman–Crippen MR) is 95.7 cm³/mol. The number of rotatable bonds is 5. The van der Waals surface area contributed by atoms with Gasteiger partial charge in [0.1, 0.15) is 0 Å². The number of nitrogens with one attached hydrogen (secondary N) is 2. The summed E-state index contributed by atoms with van der Waals surface area (Å²) in [5.74, 6) is -0.0740. The summed E-state index contributed by atoms with van der Waals surface area (Å²) < 4.78 is 1.14. The van der Waals surface area contributed by atoms with E-state index in [1.165, 1.54) is 0 Å². The van der Waals surface area contributed by atoms with Crippen molar-refractivity contribution in [1.29, 1.82) is 0 Å². The molecule has 0 aliphatic rings. The van der Waals surface area contributed by atoms with Gasteiger partial charge in [0.05, 0.1) is 6.54 Å². The molecule has 0 bridgehead atoms. The molecule has 0 fully saturated rings. The van der Waals surface area contributed by atoms with Crippen LogP contribution in [0.1, 0.15) is 18.5 Å². The summed E-state index contributed by atoms with van der Waals surface area (Å²) >= 11 is 8.37. The first kappa shape index (κ1) is 16.3. The highest BCUT2D eigenvalue weighted by Gasteiger charge is 2.10. The Morgan fingerprint density at radius 3 is 2.52 bits per heavy atom. The van der Waals surface area contributed by atoms with Gasteiger partial charge >= 0.3 is 0 Å². The maximum atomic E-state index is 11.9. The average Bonchev–Trinajstić information content (AvgIpc) is 2.48. The molecule has 1 amide bonds. The van der Waals surface area contributed by atoms with Gasteiger partial charge in [0.2, 0.25) is 5.91 Å². The first-order valence-corrected chi connectivity index (χ1v) is 8.05. The van der Waals surface area contributed by atoms with Gasteiger partial charge in [-0.25, -0.2) is 0 Å². The van der Waals surface area contributed by atoms with Crippen LogP contribution in [-0.2, 0) is 4.79 Å². The minimum Gasteiger partial charge on any atom is -0.325 e. The lowest BCUT2D eigenvalue weighted by atomic mass is 10.1. The number of hydrogen-bond acceptors (Lipinski definition) is 2. The van der Waals surface area contributed by atoms with Crippen molar-refractivity contribution < 1.29 is 4.79 Å². The summed E-state index contributed by atoms with van der Waals surface area (Å²) in [4.78, 5) is 11.9. The third-order valence-electron chi connectivity index (χ3n) is 3.07. The zero-order chi connectivity index (χ0) is 15.2. The van der Waals surface area contributed by atoms with Crippen molar-refractivity contribution >= 4 is 45.8 Å². The predicted octanol–water partition coefficient (Wildman–Crippen LogP) is 4.23. The average molecular weight is 415 g/mol. The molecular weight excluding hydrogens is 399 g/mol. The SMILES string of the molecule is C[C@H](NCC(=O)Nc1ccc(I)cc1)c1ccccc1Cl. The van der Waals surface area contributed by atoms with Crippen molar-refractivity contribution in [2.45, 2.75) is 13.0 Å². The Balaban J connectivity index is 1.86. The molecule has 0 aliphatic heterocycles. The fourth-order valence-electron chi connectivity index (χ4n) is 1.92. The van der Waals surface area contributed by atoms with Gasteiger partial charge in [-0.2, -0.15) is 0 Å². The second kappa shape index (κ2) is 7.77. The number of halogens is 2. The minimum absolute atomic E-state index is 0.0150.